The molecule has 2 heterocycles. The van der Waals surface area contributed by atoms with Crippen LogP contribution in [0.15, 0.2) is 0 Å². The van der Waals surface area contributed by atoms with Gasteiger partial charge in [0.1, 0.15) is 0 Å². The van der Waals surface area contributed by atoms with Crippen LogP contribution in [0.4, 0.5) is 0 Å². The van der Waals surface area contributed by atoms with Crippen molar-refractivity contribution in [1.29, 1.82) is 0 Å². The summed E-state index contributed by atoms with van der Waals surface area (Å²) in [6.45, 7) is 8.76. The third kappa shape index (κ3) is 3.61. The molecule has 6 heteroatoms. The van der Waals surface area contributed by atoms with E-state index in [0.717, 1.165) is 0 Å². The van der Waals surface area contributed by atoms with E-state index in [-0.39, 0.29) is 35.6 Å². The van der Waals surface area contributed by atoms with Gasteiger partial charge < -0.3 is 4.90 Å². The number of likely N-dealkylation sites (N-methyl/N-ethyl adjacent to an activating group) is 1. The van der Waals surface area contributed by atoms with Crippen LogP contribution in [0, 0.1) is 5.41 Å². The highest BCUT2D eigenvalue weighted by molar-refractivity contribution is 6.05. The highest BCUT2D eigenvalue weighted by Gasteiger charge is 2.41. The highest BCUT2D eigenvalue weighted by Crippen LogP contribution is 2.22. The Morgan fingerprint density at radius 3 is 2.14 bits per heavy atom. The third-order valence-corrected chi connectivity index (χ3v) is 4.15. The molecule has 0 aromatic heterocycles. The Bertz CT molecular complexity index is 448. The molecule has 3 amide bonds. The zero-order valence-corrected chi connectivity index (χ0v) is 13.4. The lowest BCUT2D eigenvalue weighted by molar-refractivity contribution is -0.138. The first-order valence-electron chi connectivity index (χ1n) is 7.51. The van der Waals surface area contributed by atoms with Crippen LogP contribution < -0.4 is 0 Å². The summed E-state index contributed by atoms with van der Waals surface area (Å²) in [5.74, 6) is -0.0567. The molecule has 0 spiro atoms. The second-order valence-electron chi connectivity index (χ2n) is 7.17. The molecule has 118 valence electrons. The second-order valence-corrected chi connectivity index (χ2v) is 7.17. The van der Waals surface area contributed by atoms with Gasteiger partial charge in [-0.05, 0) is 5.41 Å². The number of amides is 3. The van der Waals surface area contributed by atoms with Crippen molar-refractivity contribution in [2.24, 2.45) is 5.41 Å². The predicted molar refractivity (Wildman–Crippen MR) is 78.4 cm³/mol. The first-order chi connectivity index (χ1) is 9.69. The van der Waals surface area contributed by atoms with Crippen LogP contribution in [0.2, 0.25) is 0 Å². The van der Waals surface area contributed by atoms with Crippen LogP contribution in [-0.2, 0) is 14.4 Å². The minimum atomic E-state index is -0.331. The van der Waals surface area contributed by atoms with E-state index in [1.165, 1.54) is 11.9 Å². The fourth-order valence-electron chi connectivity index (χ4n) is 2.87. The number of hydrogen-bond acceptors (Lipinski definition) is 4. The normalized spacial score (nSPS) is 24.9. The van der Waals surface area contributed by atoms with Crippen LogP contribution in [0.5, 0.6) is 0 Å². The molecule has 1 atom stereocenters. The Labute approximate surface area is 126 Å². The van der Waals surface area contributed by atoms with Gasteiger partial charge in [0.25, 0.3) is 0 Å². The van der Waals surface area contributed by atoms with Gasteiger partial charge >= 0.3 is 0 Å². The zero-order chi connectivity index (χ0) is 15.8. The zero-order valence-electron chi connectivity index (χ0n) is 13.4. The van der Waals surface area contributed by atoms with E-state index >= 15 is 0 Å². The molecule has 1 unspecified atom stereocenters. The van der Waals surface area contributed by atoms with E-state index in [9.17, 15) is 14.4 Å². The predicted octanol–water partition coefficient (Wildman–Crippen LogP) is 0.324. The minimum Gasteiger partial charge on any atom is -0.340 e. The van der Waals surface area contributed by atoms with Gasteiger partial charge in [-0.15, -0.1) is 0 Å². The molecule has 2 saturated heterocycles. The van der Waals surface area contributed by atoms with Crippen molar-refractivity contribution in [2.75, 3.05) is 33.2 Å². The molecule has 2 fully saturated rings. The Kier molecular flexibility index (Phi) is 4.37. The Hall–Kier alpha value is -1.43. The van der Waals surface area contributed by atoms with Crippen LogP contribution in [0.25, 0.3) is 0 Å². The van der Waals surface area contributed by atoms with E-state index in [2.05, 4.69) is 20.8 Å². The standard InChI is InChI=1S/C15H25N3O3/c1-15(2,3)10-13(20)18-7-5-17(6-8-18)11-9-12(19)16(4)14(11)21/h11H,5-10H2,1-4H3. The van der Waals surface area contributed by atoms with E-state index in [1.54, 1.807) is 0 Å². The average Bonchev–Trinajstić information content (AvgIpc) is 2.65. The van der Waals surface area contributed by atoms with Crippen LogP contribution in [0.3, 0.4) is 0 Å². The Morgan fingerprint density at radius 2 is 1.71 bits per heavy atom. The molecule has 0 radical (unpaired) electrons. The summed E-state index contributed by atoms with van der Waals surface area (Å²) < 4.78 is 0. The molecule has 21 heavy (non-hydrogen) atoms. The van der Waals surface area contributed by atoms with E-state index in [1.807, 2.05) is 9.80 Å². The largest absolute Gasteiger partial charge is 0.340 e. The van der Waals surface area contributed by atoms with E-state index in [4.69, 9.17) is 0 Å². The number of hydrogen-bond donors (Lipinski definition) is 0. The maximum Gasteiger partial charge on any atom is 0.246 e. The Balaban J connectivity index is 1.88. The minimum absolute atomic E-state index is 0.00916. The van der Waals surface area contributed by atoms with Crippen LogP contribution >= 0.6 is 0 Å². The Morgan fingerprint density at radius 1 is 1.14 bits per heavy atom. The van der Waals surface area contributed by atoms with Crippen LogP contribution in [-0.4, -0.2) is 71.7 Å². The molecule has 2 aliphatic rings. The van der Waals surface area contributed by atoms with Crippen molar-refractivity contribution < 1.29 is 14.4 Å². The summed E-state index contributed by atoms with van der Waals surface area (Å²) in [5, 5.41) is 0. The van der Waals surface area contributed by atoms with Crippen molar-refractivity contribution >= 4 is 17.7 Å². The monoisotopic (exact) mass is 295 g/mol. The molecule has 0 bridgehead atoms. The van der Waals surface area contributed by atoms with Gasteiger partial charge in [-0.1, -0.05) is 20.8 Å². The molecule has 2 aliphatic heterocycles. The molecule has 0 aromatic rings. The molecule has 0 aromatic carbocycles. The maximum atomic E-state index is 12.2. The summed E-state index contributed by atoms with van der Waals surface area (Å²) in [6, 6.07) is -0.331. The maximum absolute atomic E-state index is 12.2. The van der Waals surface area contributed by atoms with Crippen molar-refractivity contribution in [3.63, 3.8) is 0 Å². The molecule has 0 saturated carbocycles. The quantitative estimate of drug-likeness (QED) is 0.689. The van der Waals surface area contributed by atoms with Crippen molar-refractivity contribution in [3.8, 4) is 0 Å². The fourth-order valence-corrected chi connectivity index (χ4v) is 2.87. The van der Waals surface area contributed by atoms with E-state index in [0.29, 0.717) is 32.6 Å². The average molecular weight is 295 g/mol. The van der Waals surface area contributed by atoms with E-state index < -0.39 is 0 Å². The lowest BCUT2D eigenvalue weighted by Gasteiger charge is -2.37. The molecule has 0 aliphatic carbocycles. The van der Waals surface area contributed by atoms with Gasteiger partial charge in [0.05, 0.1) is 12.5 Å². The summed E-state index contributed by atoms with van der Waals surface area (Å²) in [4.78, 5) is 40.9. The van der Waals surface area contributed by atoms with Crippen LogP contribution in [0.1, 0.15) is 33.6 Å². The second kappa shape index (κ2) is 5.75. The first-order valence-corrected chi connectivity index (χ1v) is 7.51. The number of carbonyl (C=O) groups is 3. The summed E-state index contributed by atoms with van der Waals surface area (Å²) in [7, 11) is 1.54. The summed E-state index contributed by atoms with van der Waals surface area (Å²) in [6.07, 6.45) is 0.807. The van der Waals surface area contributed by atoms with Gasteiger partial charge in [0.15, 0.2) is 0 Å². The SMILES string of the molecule is CN1C(=O)CC(N2CCN(C(=O)CC(C)(C)C)CC2)C1=O. The van der Waals surface area contributed by atoms with Crippen molar-refractivity contribution in [1.82, 2.24) is 14.7 Å². The smallest absolute Gasteiger partial charge is 0.246 e. The van der Waals surface area contributed by atoms with Crippen molar-refractivity contribution in [3.05, 3.63) is 0 Å². The first kappa shape index (κ1) is 15.9. The topological polar surface area (TPSA) is 60.9 Å². The number of nitrogens with zero attached hydrogens (tertiary/aromatic N) is 3. The molecular formula is C15H25N3O3. The molecule has 0 N–H and O–H groups in total. The fraction of sp³-hybridized carbons (Fsp3) is 0.800. The number of likely N-dealkylation sites (tertiary alicyclic amines) is 1. The van der Waals surface area contributed by atoms with Crippen molar-refractivity contribution in [2.45, 2.75) is 39.7 Å². The number of carbonyl (C=O) groups excluding carboxylic acids is 3. The molecule has 2 rings (SSSR count). The van der Waals surface area contributed by atoms with Gasteiger partial charge in [0, 0.05) is 39.6 Å². The third-order valence-electron chi connectivity index (χ3n) is 4.15. The lowest BCUT2D eigenvalue weighted by Crippen LogP contribution is -2.54. The van der Waals surface area contributed by atoms with Gasteiger partial charge in [-0.2, -0.15) is 0 Å². The van der Waals surface area contributed by atoms with Gasteiger partial charge in [-0.25, -0.2) is 0 Å². The van der Waals surface area contributed by atoms with Gasteiger partial charge in [0.2, 0.25) is 17.7 Å². The number of imide groups is 1. The summed E-state index contributed by atoms with van der Waals surface area (Å²) in [5.41, 5.74) is -0.00916. The van der Waals surface area contributed by atoms with Gasteiger partial charge in [-0.3, -0.25) is 24.2 Å². The molecule has 6 nitrogen and oxygen atoms in total. The number of rotatable bonds is 2. The molecular weight excluding hydrogens is 270 g/mol. The lowest BCUT2D eigenvalue weighted by atomic mass is 9.91. The summed E-state index contributed by atoms with van der Waals surface area (Å²) >= 11 is 0. The number of piperazine rings is 1. The highest BCUT2D eigenvalue weighted by atomic mass is 16.2.